The summed E-state index contributed by atoms with van der Waals surface area (Å²) in [7, 11) is -3.11. The second-order valence-corrected chi connectivity index (χ2v) is 8.90. The van der Waals surface area contributed by atoms with Gasteiger partial charge in [-0.3, -0.25) is 4.79 Å². The first-order chi connectivity index (χ1) is 16.9. The number of furan rings is 1. The lowest BCUT2D eigenvalue weighted by Gasteiger charge is -2.39. The molecule has 180 valence electrons. The molecule has 3 aromatic rings. The molecule has 3 N–H and O–H groups in total. The van der Waals surface area contributed by atoms with Crippen molar-refractivity contribution in [2.45, 2.75) is 24.8 Å². The van der Waals surface area contributed by atoms with Crippen molar-refractivity contribution in [2.24, 2.45) is 5.73 Å². The van der Waals surface area contributed by atoms with Crippen molar-refractivity contribution < 1.29 is 21.8 Å². The molecule has 0 unspecified atom stereocenters. The average molecular weight is 492 g/mol. The highest BCUT2D eigenvalue weighted by atomic mass is 32.2. The van der Waals surface area contributed by atoms with Crippen LogP contribution in [0.25, 0.3) is 0 Å². The molecule has 2 aromatic carbocycles. The number of piperidine rings is 1. The van der Waals surface area contributed by atoms with Crippen molar-refractivity contribution in [3.8, 4) is 11.8 Å². The third-order valence-corrected chi connectivity index (χ3v) is 6.44. The van der Waals surface area contributed by atoms with E-state index in [1.54, 1.807) is 12.1 Å². The fourth-order valence-corrected chi connectivity index (χ4v) is 4.59. The van der Waals surface area contributed by atoms with E-state index in [9.17, 15) is 4.79 Å². The molecule has 0 bridgehead atoms. The Morgan fingerprint density at radius 2 is 1.74 bits per heavy atom. The fraction of sp³-hybridized carbons (Fsp3) is 0.269. The number of amides is 1. The molecule has 2 aliphatic heterocycles. The molecule has 9 heteroatoms. The van der Waals surface area contributed by atoms with E-state index < -0.39 is 10.6 Å². The number of hydrogen-bond donors (Lipinski definition) is 2. The standard InChI is InChI=1S/C26H25N3O2.O3S/c27-17-20-7-10-23-22(16-20)26(18-28-23)12-14-29(15-13-26)25(30)24-11-9-21(31-24)8-6-19-4-2-1-3-5-19;1-4(2)3/h1-5,7,9-11,16,28H,12-15,17-18,27H2;. The van der Waals surface area contributed by atoms with Gasteiger partial charge >= 0.3 is 10.6 Å². The number of nitrogens with one attached hydrogen (secondary N) is 1. The zero-order valence-electron chi connectivity index (χ0n) is 19.0. The Labute approximate surface area is 205 Å². The molecule has 0 atom stereocenters. The number of fused-ring (bicyclic) bond motifs is 2. The van der Waals surface area contributed by atoms with Crippen LogP contribution in [0.1, 0.15) is 45.8 Å². The summed E-state index contributed by atoms with van der Waals surface area (Å²) in [6, 6.07) is 19.7. The predicted octanol–water partition coefficient (Wildman–Crippen LogP) is 2.73. The number of nitrogens with zero attached hydrogens (tertiary/aromatic N) is 1. The number of carbonyl (C=O) groups is 1. The molecule has 3 heterocycles. The van der Waals surface area contributed by atoms with Crippen molar-refractivity contribution in [1.29, 1.82) is 0 Å². The summed E-state index contributed by atoms with van der Waals surface area (Å²) in [6.45, 7) is 2.87. The molecule has 0 saturated carbocycles. The van der Waals surface area contributed by atoms with Gasteiger partial charge in [0.25, 0.3) is 5.91 Å². The summed E-state index contributed by atoms with van der Waals surface area (Å²) < 4.78 is 31.1. The van der Waals surface area contributed by atoms with Crippen molar-refractivity contribution in [1.82, 2.24) is 4.90 Å². The van der Waals surface area contributed by atoms with E-state index in [1.807, 2.05) is 35.2 Å². The van der Waals surface area contributed by atoms with E-state index in [-0.39, 0.29) is 11.3 Å². The van der Waals surface area contributed by atoms with Crippen LogP contribution < -0.4 is 11.1 Å². The van der Waals surface area contributed by atoms with Crippen LogP contribution in [-0.2, 0) is 22.6 Å². The van der Waals surface area contributed by atoms with Crippen LogP contribution in [0.4, 0.5) is 5.69 Å². The van der Waals surface area contributed by atoms with Gasteiger partial charge in [-0.25, -0.2) is 0 Å². The Morgan fingerprint density at radius 3 is 2.43 bits per heavy atom. The van der Waals surface area contributed by atoms with Crippen LogP contribution in [-0.4, -0.2) is 43.1 Å². The molecule has 0 aliphatic carbocycles. The normalized spacial score (nSPS) is 15.2. The van der Waals surface area contributed by atoms with Gasteiger partial charge in [0.15, 0.2) is 11.5 Å². The molecule has 5 rings (SSSR count). The molecule has 1 aromatic heterocycles. The highest BCUT2D eigenvalue weighted by Gasteiger charge is 2.42. The topological polar surface area (TPSA) is 123 Å². The van der Waals surface area contributed by atoms with Crippen LogP contribution in [0.15, 0.2) is 65.1 Å². The number of benzene rings is 2. The first kappa shape index (κ1) is 24.3. The van der Waals surface area contributed by atoms with Crippen molar-refractivity contribution in [3.63, 3.8) is 0 Å². The Kier molecular flexibility index (Phi) is 7.34. The largest absolute Gasteiger partial charge is 0.443 e. The zero-order valence-corrected chi connectivity index (χ0v) is 19.8. The lowest BCUT2D eigenvalue weighted by molar-refractivity contribution is 0.0643. The number of nitrogens with two attached hydrogens (primary N) is 1. The second-order valence-electron chi connectivity index (χ2n) is 8.49. The molecule has 1 spiro atoms. The number of likely N-dealkylation sites (tertiary alicyclic amines) is 1. The van der Waals surface area contributed by atoms with Gasteiger partial charge in [0.2, 0.25) is 0 Å². The van der Waals surface area contributed by atoms with Gasteiger partial charge < -0.3 is 20.4 Å². The summed E-state index contributed by atoms with van der Waals surface area (Å²) in [4.78, 5) is 14.9. The number of carbonyl (C=O) groups excluding carboxylic acids is 1. The van der Waals surface area contributed by atoms with Gasteiger partial charge in [-0.1, -0.05) is 36.3 Å². The zero-order chi connectivity index (χ0) is 24.8. The molecule has 1 saturated heterocycles. The van der Waals surface area contributed by atoms with Gasteiger partial charge in [0.05, 0.1) is 0 Å². The van der Waals surface area contributed by atoms with E-state index in [1.165, 1.54) is 11.3 Å². The van der Waals surface area contributed by atoms with Crippen molar-refractivity contribution in [3.05, 3.63) is 88.9 Å². The molecule has 35 heavy (non-hydrogen) atoms. The fourth-order valence-electron chi connectivity index (χ4n) is 4.59. The molecule has 8 nitrogen and oxygen atoms in total. The van der Waals surface area contributed by atoms with Gasteiger partial charge in [-0.2, -0.15) is 0 Å². The maximum Gasteiger partial charge on any atom is 0.425 e. The van der Waals surface area contributed by atoms with E-state index in [4.69, 9.17) is 22.8 Å². The Morgan fingerprint density at radius 1 is 1.03 bits per heavy atom. The minimum Gasteiger partial charge on any atom is -0.443 e. The Bertz CT molecular complexity index is 1370. The van der Waals surface area contributed by atoms with Crippen molar-refractivity contribution >= 4 is 22.2 Å². The van der Waals surface area contributed by atoms with Gasteiger partial charge in [0.1, 0.15) is 0 Å². The van der Waals surface area contributed by atoms with Gasteiger partial charge in [-0.05, 0) is 60.2 Å². The molecular formula is C26H25N3O5S. The Balaban J connectivity index is 0.000000672. The quantitative estimate of drug-likeness (QED) is 0.529. The third-order valence-electron chi connectivity index (χ3n) is 6.44. The highest BCUT2D eigenvalue weighted by Crippen LogP contribution is 2.44. The smallest absolute Gasteiger partial charge is 0.425 e. The van der Waals surface area contributed by atoms with E-state index >= 15 is 0 Å². The average Bonchev–Trinajstić information content (AvgIpc) is 3.48. The van der Waals surface area contributed by atoms with Gasteiger partial charge in [-0.15, -0.1) is 12.6 Å². The summed E-state index contributed by atoms with van der Waals surface area (Å²) in [5.74, 6) is 6.84. The SMILES string of the molecule is NCc1ccc2c(c1)C1(CCN(C(=O)c3ccc(C#Cc4ccccc4)o3)CC1)CN2.O=S(=O)=O. The maximum atomic E-state index is 13.0. The summed E-state index contributed by atoms with van der Waals surface area (Å²) in [5, 5.41) is 3.54. The minimum absolute atomic E-state index is 0.0653. The van der Waals surface area contributed by atoms with E-state index in [2.05, 4.69) is 35.4 Å². The number of rotatable bonds is 2. The van der Waals surface area contributed by atoms with Crippen LogP contribution in [0.2, 0.25) is 0 Å². The van der Waals surface area contributed by atoms with E-state index in [0.717, 1.165) is 30.5 Å². The van der Waals surface area contributed by atoms with E-state index in [0.29, 0.717) is 31.2 Å². The molecule has 1 fully saturated rings. The molecule has 2 aliphatic rings. The summed E-state index contributed by atoms with van der Waals surface area (Å²) in [5.41, 5.74) is 10.5. The maximum absolute atomic E-state index is 13.0. The van der Waals surface area contributed by atoms with Gasteiger partial charge in [0, 0.05) is 42.8 Å². The minimum atomic E-state index is -3.11. The summed E-state index contributed by atoms with van der Waals surface area (Å²) >= 11 is 0. The summed E-state index contributed by atoms with van der Waals surface area (Å²) in [6.07, 6.45) is 1.85. The highest BCUT2D eigenvalue weighted by molar-refractivity contribution is 7.59. The van der Waals surface area contributed by atoms with Crippen LogP contribution in [0, 0.1) is 11.8 Å². The van der Waals surface area contributed by atoms with Crippen LogP contribution >= 0.6 is 0 Å². The molecular weight excluding hydrogens is 466 g/mol. The van der Waals surface area contributed by atoms with Crippen LogP contribution in [0.5, 0.6) is 0 Å². The van der Waals surface area contributed by atoms with Crippen LogP contribution in [0.3, 0.4) is 0 Å². The first-order valence-corrected chi connectivity index (χ1v) is 12.2. The monoisotopic (exact) mass is 491 g/mol. The first-order valence-electron chi connectivity index (χ1n) is 11.2. The predicted molar refractivity (Wildman–Crippen MR) is 130 cm³/mol. The molecule has 1 amide bonds. The second kappa shape index (κ2) is 10.6. The number of anilines is 1. The number of hydrogen-bond acceptors (Lipinski definition) is 7. The van der Waals surface area contributed by atoms with Crippen molar-refractivity contribution in [2.75, 3.05) is 25.0 Å². The third kappa shape index (κ3) is 5.62. The Hall–Kier alpha value is -3.87. The molecule has 0 radical (unpaired) electrons. The lowest BCUT2D eigenvalue weighted by Crippen LogP contribution is -2.46. The lowest BCUT2D eigenvalue weighted by atomic mass is 9.74.